The van der Waals surface area contributed by atoms with Crippen LogP contribution in [0.1, 0.15) is 0 Å². The Hall–Kier alpha value is -2.20. The number of urea groups is 1. The maximum atomic E-state index is 11.8. The Morgan fingerprint density at radius 3 is 2.76 bits per heavy atom. The highest BCUT2D eigenvalue weighted by Gasteiger charge is 2.37. The third kappa shape index (κ3) is 2.95. The molecule has 3 rings (SSSR count). The summed E-state index contributed by atoms with van der Waals surface area (Å²) in [5, 5.41) is 24.9. The van der Waals surface area contributed by atoms with Gasteiger partial charge in [0.05, 0.1) is 23.7 Å². The molecule has 2 amide bonds. The highest BCUT2D eigenvalue weighted by Crippen LogP contribution is 2.16. The second kappa shape index (κ2) is 4.97. The Morgan fingerprint density at radius 2 is 2.05 bits per heavy atom. The van der Waals surface area contributed by atoms with Crippen molar-refractivity contribution in [2.75, 3.05) is 16.8 Å². The van der Waals surface area contributed by atoms with Crippen LogP contribution in [0.5, 0.6) is 0 Å². The van der Waals surface area contributed by atoms with Crippen molar-refractivity contribution in [3.63, 3.8) is 0 Å². The Morgan fingerprint density at radius 1 is 1.29 bits per heavy atom. The second-order valence-corrected chi connectivity index (χ2v) is 7.03. The highest BCUT2D eigenvalue weighted by molar-refractivity contribution is 7.91. The summed E-state index contributed by atoms with van der Waals surface area (Å²) in [6, 6.07) is 3.57. The van der Waals surface area contributed by atoms with Crippen LogP contribution in [-0.2, 0) is 9.84 Å². The smallest absolute Gasteiger partial charge is 0.319 e. The third-order valence-corrected chi connectivity index (χ3v) is 4.93. The molecule has 1 aliphatic rings. The van der Waals surface area contributed by atoms with Gasteiger partial charge in [-0.25, -0.2) is 13.2 Å². The number of hydrogen-bond acceptors (Lipinski definition) is 6. The first-order chi connectivity index (χ1) is 9.93. The van der Waals surface area contributed by atoms with Crippen molar-refractivity contribution in [1.82, 2.24) is 20.7 Å². The summed E-state index contributed by atoms with van der Waals surface area (Å²) in [5.41, 5.74) is 1.75. The zero-order valence-corrected chi connectivity index (χ0v) is 11.6. The first kappa shape index (κ1) is 13.8. The Bertz CT molecular complexity index is 787. The molecule has 0 spiro atoms. The van der Waals surface area contributed by atoms with Crippen LogP contribution in [0.3, 0.4) is 0 Å². The van der Waals surface area contributed by atoms with Crippen LogP contribution in [0.2, 0.25) is 0 Å². The molecular weight excluding hydrogens is 298 g/mol. The summed E-state index contributed by atoms with van der Waals surface area (Å²) in [4.78, 5) is 11.8. The molecule has 4 N–H and O–H groups in total. The minimum Gasteiger partial charge on any atom is -0.390 e. The molecule has 9 nitrogen and oxygen atoms in total. The number of H-pyrrole nitrogens is 1. The monoisotopic (exact) mass is 311 g/mol. The van der Waals surface area contributed by atoms with E-state index in [-0.39, 0.29) is 11.5 Å². The molecule has 0 bridgehead atoms. The van der Waals surface area contributed by atoms with Crippen molar-refractivity contribution in [3.8, 4) is 0 Å². The summed E-state index contributed by atoms with van der Waals surface area (Å²) in [5.74, 6) is -0.591. The first-order valence-electron chi connectivity index (χ1n) is 6.19. The number of carbonyl (C=O) groups is 1. The first-order valence-corrected chi connectivity index (χ1v) is 8.02. The standard InChI is InChI=1S/C11H13N5O4S/c17-10-5-21(19,20)4-9(10)13-11(18)12-6-1-2-7-8(3-6)15-16-14-7/h1-3,9-10,17H,4-5H2,(H2,12,13,18)(H,14,15,16)/t9-,10-/m1/s1. The lowest BCUT2D eigenvalue weighted by Crippen LogP contribution is -2.44. The van der Waals surface area contributed by atoms with E-state index in [1.165, 1.54) is 0 Å². The van der Waals surface area contributed by atoms with Gasteiger partial charge < -0.3 is 15.7 Å². The summed E-state index contributed by atoms with van der Waals surface area (Å²) in [6.45, 7) is 0. The molecule has 2 atom stereocenters. The van der Waals surface area contributed by atoms with E-state index in [2.05, 4.69) is 26.0 Å². The van der Waals surface area contributed by atoms with Gasteiger partial charge in [0.25, 0.3) is 0 Å². The second-order valence-electron chi connectivity index (χ2n) is 4.88. The number of aliphatic hydroxyl groups excluding tert-OH is 1. The SMILES string of the molecule is O=C(Nc1ccc2n[nH]nc2c1)N[C@@H]1CS(=O)(=O)C[C@H]1O. The van der Waals surface area contributed by atoms with Crippen LogP contribution in [0, 0.1) is 0 Å². The molecule has 112 valence electrons. The largest absolute Gasteiger partial charge is 0.390 e. The third-order valence-electron chi connectivity index (χ3n) is 3.21. The molecule has 21 heavy (non-hydrogen) atoms. The van der Waals surface area contributed by atoms with Crippen molar-refractivity contribution >= 4 is 32.6 Å². The van der Waals surface area contributed by atoms with Gasteiger partial charge in [0.1, 0.15) is 11.0 Å². The molecule has 1 aliphatic heterocycles. The van der Waals surface area contributed by atoms with Gasteiger partial charge in [0.15, 0.2) is 9.84 Å². The number of amides is 2. The fourth-order valence-corrected chi connectivity index (χ4v) is 3.96. The molecule has 1 saturated heterocycles. The van der Waals surface area contributed by atoms with Gasteiger partial charge in [-0.2, -0.15) is 15.4 Å². The predicted molar refractivity (Wildman–Crippen MR) is 74.5 cm³/mol. The zero-order chi connectivity index (χ0) is 15.0. The number of aromatic amines is 1. The molecule has 0 aliphatic carbocycles. The summed E-state index contributed by atoms with van der Waals surface area (Å²) in [6.07, 6.45) is -1.08. The van der Waals surface area contributed by atoms with E-state index in [0.29, 0.717) is 16.7 Å². The molecule has 10 heteroatoms. The minimum atomic E-state index is -3.30. The number of anilines is 1. The summed E-state index contributed by atoms with van der Waals surface area (Å²) >= 11 is 0. The average molecular weight is 311 g/mol. The molecule has 0 radical (unpaired) electrons. The molecule has 2 aromatic rings. The van der Waals surface area contributed by atoms with Gasteiger partial charge in [0.2, 0.25) is 0 Å². The molecule has 1 fully saturated rings. The number of aliphatic hydroxyl groups is 1. The van der Waals surface area contributed by atoms with E-state index in [9.17, 15) is 18.3 Å². The Kier molecular flexibility index (Phi) is 3.26. The molecular formula is C11H13N5O4S. The number of nitrogens with one attached hydrogen (secondary N) is 3. The van der Waals surface area contributed by atoms with E-state index in [1.54, 1.807) is 18.2 Å². The average Bonchev–Trinajstić information content (AvgIpc) is 2.93. The molecule has 0 saturated carbocycles. The van der Waals surface area contributed by atoms with Gasteiger partial charge in [-0.05, 0) is 18.2 Å². The van der Waals surface area contributed by atoms with E-state index in [4.69, 9.17) is 0 Å². The van der Waals surface area contributed by atoms with Crippen molar-refractivity contribution in [2.24, 2.45) is 0 Å². The lowest BCUT2D eigenvalue weighted by molar-refractivity contribution is 0.167. The van der Waals surface area contributed by atoms with Gasteiger partial charge in [-0.1, -0.05) is 0 Å². The van der Waals surface area contributed by atoms with Crippen LogP contribution in [0.25, 0.3) is 11.0 Å². The number of nitrogens with zero attached hydrogens (tertiary/aromatic N) is 2. The van der Waals surface area contributed by atoms with Crippen LogP contribution >= 0.6 is 0 Å². The van der Waals surface area contributed by atoms with Crippen molar-refractivity contribution < 1.29 is 18.3 Å². The van der Waals surface area contributed by atoms with Crippen molar-refractivity contribution in [1.29, 1.82) is 0 Å². The van der Waals surface area contributed by atoms with E-state index < -0.39 is 28.0 Å². The molecule has 1 aromatic heterocycles. The fraction of sp³-hybridized carbons (Fsp3) is 0.364. The van der Waals surface area contributed by atoms with Gasteiger partial charge in [-0.15, -0.1) is 0 Å². The van der Waals surface area contributed by atoms with Gasteiger partial charge >= 0.3 is 6.03 Å². The number of rotatable bonds is 2. The van der Waals surface area contributed by atoms with Crippen LogP contribution in [0.4, 0.5) is 10.5 Å². The molecule has 1 aromatic carbocycles. The maximum absolute atomic E-state index is 11.8. The predicted octanol–water partition coefficient (Wildman–Crippen LogP) is -0.763. The quantitative estimate of drug-likeness (QED) is 0.575. The summed E-state index contributed by atoms with van der Waals surface area (Å²) in [7, 11) is -3.30. The van der Waals surface area contributed by atoms with Gasteiger partial charge in [-0.3, -0.25) is 0 Å². The fourth-order valence-electron chi connectivity index (χ4n) is 2.22. The van der Waals surface area contributed by atoms with Crippen LogP contribution in [0.15, 0.2) is 18.2 Å². The number of sulfone groups is 1. The Balaban J connectivity index is 1.66. The van der Waals surface area contributed by atoms with Crippen molar-refractivity contribution in [3.05, 3.63) is 18.2 Å². The number of benzene rings is 1. The van der Waals surface area contributed by atoms with E-state index in [1.807, 2.05) is 0 Å². The van der Waals surface area contributed by atoms with E-state index in [0.717, 1.165) is 0 Å². The lowest BCUT2D eigenvalue weighted by Gasteiger charge is -2.15. The maximum Gasteiger partial charge on any atom is 0.319 e. The van der Waals surface area contributed by atoms with Crippen LogP contribution < -0.4 is 10.6 Å². The normalized spacial score (nSPS) is 24.0. The number of fused-ring (bicyclic) bond motifs is 1. The Labute approximate surface area is 119 Å². The summed E-state index contributed by atoms with van der Waals surface area (Å²) < 4.78 is 22.7. The number of hydrogen-bond donors (Lipinski definition) is 4. The van der Waals surface area contributed by atoms with Gasteiger partial charge in [0, 0.05) is 5.69 Å². The van der Waals surface area contributed by atoms with Crippen molar-refractivity contribution in [2.45, 2.75) is 12.1 Å². The molecule has 0 unspecified atom stereocenters. The topological polar surface area (TPSA) is 137 Å². The number of aromatic nitrogens is 3. The van der Waals surface area contributed by atoms with Crippen LogP contribution in [-0.4, -0.2) is 58.6 Å². The zero-order valence-electron chi connectivity index (χ0n) is 10.8. The number of carbonyl (C=O) groups excluding carboxylic acids is 1. The lowest BCUT2D eigenvalue weighted by atomic mass is 10.2. The minimum absolute atomic E-state index is 0.260. The molecule has 2 heterocycles. The van der Waals surface area contributed by atoms with E-state index >= 15 is 0 Å². The highest BCUT2D eigenvalue weighted by atomic mass is 32.2.